The third kappa shape index (κ3) is 3.52. The molecule has 0 N–H and O–H groups in total. The Labute approximate surface area is 133 Å². The maximum absolute atomic E-state index is 5.54. The van der Waals surface area contributed by atoms with Crippen molar-refractivity contribution in [1.82, 2.24) is 10.1 Å². The lowest BCUT2D eigenvalue weighted by Gasteiger charge is -2.31. The Hall–Kier alpha value is -1.35. The van der Waals surface area contributed by atoms with Crippen LogP contribution >= 0.6 is 0 Å². The second kappa shape index (κ2) is 6.82. The third-order valence-electron chi connectivity index (χ3n) is 4.89. The first kappa shape index (κ1) is 15.5. The summed E-state index contributed by atoms with van der Waals surface area (Å²) in [7, 11) is 0. The van der Waals surface area contributed by atoms with Gasteiger partial charge < -0.3 is 9.42 Å². The molecule has 1 saturated heterocycles. The van der Waals surface area contributed by atoms with Crippen LogP contribution in [-0.2, 0) is 0 Å². The molecule has 1 aromatic carbocycles. The van der Waals surface area contributed by atoms with Crippen molar-refractivity contribution in [2.45, 2.75) is 52.4 Å². The molecule has 2 aromatic rings. The Morgan fingerprint density at radius 1 is 1.27 bits per heavy atom. The van der Waals surface area contributed by atoms with Crippen LogP contribution in [0.15, 0.2) is 22.7 Å². The number of aryl methyl sites for hydroxylation is 1. The third-order valence-corrected chi connectivity index (χ3v) is 4.89. The average Bonchev–Trinajstić information content (AvgIpc) is 2.90. The molecule has 120 valence electrons. The maximum atomic E-state index is 5.54. The second-order valence-corrected chi connectivity index (χ2v) is 7.22. The predicted molar refractivity (Wildman–Crippen MR) is 91.2 cm³/mol. The quantitative estimate of drug-likeness (QED) is 0.798. The number of likely N-dealkylation sites (tertiary alicyclic amines) is 1. The van der Waals surface area contributed by atoms with Crippen molar-refractivity contribution >= 4 is 11.0 Å². The predicted octanol–water partition coefficient (Wildman–Crippen LogP) is 4.75. The topological polar surface area (TPSA) is 29.3 Å². The summed E-state index contributed by atoms with van der Waals surface area (Å²) in [5.74, 6) is 1.38. The molecule has 1 aromatic heterocycles. The van der Waals surface area contributed by atoms with E-state index in [1.165, 1.54) is 62.0 Å². The molecule has 3 nitrogen and oxygen atoms in total. The van der Waals surface area contributed by atoms with E-state index in [4.69, 9.17) is 4.52 Å². The van der Waals surface area contributed by atoms with E-state index in [0.717, 1.165) is 11.5 Å². The zero-order chi connectivity index (χ0) is 15.5. The van der Waals surface area contributed by atoms with Gasteiger partial charge in [-0.25, -0.2) is 0 Å². The van der Waals surface area contributed by atoms with Gasteiger partial charge in [-0.2, -0.15) is 0 Å². The van der Waals surface area contributed by atoms with Gasteiger partial charge in [0.05, 0.1) is 5.69 Å². The van der Waals surface area contributed by atoms with Crippen LogP contribution in [-0.4, -0.2) is 29.7 Å². The molecule has 0 aliphatic carbocycles. The summed E-state index contributed by atoms with van der Waals surface area (Å²) in [5, 5.41) is 5.59. The van der Waals surface area contributed by atoms with E-state index in [1.54, 1.807) is 0 Å². The van der Waals surface area contributed by atoms with Gasteiger partial charge >= 0.3 is 0 Å². The van der Waals surface area contributed by atoms with Crippen molar-refractivity contribution in [3.63, 3.8) is 0 Å². The number of aromatic nitrogens is 1. The summed E-state index contributed by atoms with van der Waals surface area (Å²) < 4.78 is 5.54. The Kier molecular flexibility index (Phi) is 4.82. The monoisotopic (exact) mass is 300 g/mol. The fourth-order valence-corrected chi connectivity index (χ4v) is 3.51. The van der Waals surface area contributed by atoms with Crippen LogP contribution in [0.4, 0.5) is 0 Å². The van der Waals surface area contributed by atoms with Gasteiger partial charge in [0.1, 0.15) is 0 Å². The summed E-state index contributed by atoms with van der Waals surface area (Å²) in [5.41, 5.74) is 3.35. The molecule has 0 atom stereocenters. The largest absolute Gasteiger partial charge is 0.356 e. The highest BCUT2D eigenvalue weighted by Gasteiger charge is 2.24. The number of hydrogen-bond donors (Lipinski definition) is 0. The van der Waals surface area contributed by atoms with E-state index in [-0.39, 0.29) is 0 Å². The molecular weight excluding hydrogens is 272 g/mol. The Bertz CT molecular complexity index is 609. The van der Waals surface area contributed by atoms with Gasteiger partial charge in [-0.05, 0) is 75.9 Å². The van der Waals surface area contributed by atoms with Crippen LogP contribution in [0.1, 0.15) is 56.7 Å². The molecule has 3 heteroatoms. The van der Waals surface area contributed by atoms with Crippen molar-refractivity contribution < 1.29 is 4.52 Å². The van der Waals surface area contributed by atoms with E-state index in [9.17, 15) is 0 Å². The van der Waals surface area contributed by atoms with Crippen LogP contribution in [0.3, 0.4) is 0 Å². The first-order valence-electron chi connectivity index (χ1n) is 8.72. The molecule has 0 amide bonds. The molecule has 1 aliphatic heterocycles. The van der Waals surface area contributed by atoms with Crippen molar-refractivity contribution in [3.8, 4) is 0 Å². The van der Waals surface area contributed by atoms with Crippen LogP contribution in [0.5, 0.6) is 0 Å². The minimum absolute atomic E-state index is 0.560. The van der Waals surface area contributed by atoms with Gasteiger partial charge in [0.2, 0.25) is 0 Å². The highest BCUT2D eigenvalue weighted by molar-refractivity contribution is 5.80. The van der Waals surface area contributed by atoms with Gasteiger partial charge in [-0.1, -0.05) is 25.1 Å². The van der Waals surface area contributed by atoms with Gasteiger partial charge in [0.25, 0.3) is 0 Å². The first-order chi connectivity index (χ1) is 10.6. The van der Waals surface area contributed by atoms with Crippen molar-refractivity contribution in [1.29, 1.82) is 0 Å². The highest BCUT2D eigenvalue weighted by Crippen LogP contribution is 2.32. The van der Waals surface area contributed by atoms with Crippen molar-refractivity contribution in [2.75, 3.05) is 19.6 Å². The van der Waals surface area contributed by atoms with Crippen LogP contribution in [0, 0.1) is 12.8 Å². The standard InChI is InChI=1S/C19H28N2O/c1-14(2)5-4-10-21-11-8-16(9-12-21)19-17-7-6-15(3)13-18(17)22-20-19/h6-7,13-14,16H,4-5,8-12H2,1-3H3. The number of nitrogens with zero attached hydrogens (tertiary/aromatic N) is 2. The summed E-state index contributed by atoms with van der Waals surface area (Å²) >= 11 is 0. The molecule has 0 radical (unpaired) electrons. The molecule has 22 heavy (non-hydrogen) atoms. The van der Waals surface area contributed by atoms with Gasteiger partial charge in [0, 0.05) is 11.3 Å². The minimum atomic E-state index is 0.560. The number of piperidine rings is 1. The number of benzene rings is 1. The maximum Gasteiger partial charge on any atom is 0.167 e. The lowest BCUT2D eigenvalue weighted by atomic mass is 9.91. The molecule has 2 heterocycles. The number of rotatable bonds is 5. The first-order valence-corrected chi connectivity index (χ1v) is 8.72. The minimum Gasteiger partial charge on any atom is -0.356 e. The summed E-state index contributed by atoms with van der Waals surface area (Å²) in [6.45, 7) is 10.4. The van der Waals surface area contributed by atoms with Crippen LogP contribution < -0.4 is 0 Å². The van der Waals surface area contributed by atoms with E-state index in [2.05, 4.69) is 49.0 Å². The summed E-state index contributed by atoms with van der Waals surface area (Å²) in [6, 6.07) is 6.42. The van der Waals surface area contributed by atoms with E-state index in [1.807, 2.05) is 0 Å². The van der Waals surface area contributed by atoms with Crippen molar-refractivity contribution in [3.05, 3.63) is 29.5 Å². The van der Waals surface area contributed by atoms with Crippen LogP contribution in [0.2, 0.25) is 0 Å². The molecule has 0 spiro atoms. The Morgan fingerprint density at radius 2 is 2.05 bits per heavy atom. The summed E-state index contributed by atoms with van der Waals surface area (Å²) in [4.78, 5) is 2.62. The number of fused-ring (bicyclic) bond motifs is 1. The Morgan fingerprint density at radius 3 is 2.77 bits per heavy atom. The van der Waals surface area contributed by atoms with Crippen molar-refractivity contribution in [2.24, 2.45) is 5.92 Å². The molecule has 3 rings (SSSR count). The smallest absolute Gasteiger partial charge is 0.167 e. The Balaban J connectivity index is 1.58. The lowest BCUT2D eigenvalue weighted by molar-refractivity contribution is 0.203. The van der Waals surface area contributed by atoms with Crippen LogP contribution in [0.25, 0.3) is 11.0 Å². The lowest BCUT2D eigenvalue weighted by Crippen LogP contribution is -2.33. The van der Waals surface area contributed by atoms with Gasteiger partial charge in [-0.3, -0.25) is 0 Å². The molecule has 0 unspecified atom stereocenters. The fraction of sp³-hybridized carbons (Fsp3) is 0.632. The van der Waals surface area contributed by atoms with E-state index >= 15 is 0 Å². The molecule has 1 aliphatic rings. The molecule has 1 fully saturated rings. The van der Waals surface area contributed by atoms with Gasteiger partial charge in [0.15, 0.2) is 5.58 Å². The van der Waals surface area contributed by atoms with Gasteiger partial charge in [-0.15, -0.1) is 0 Å². The summed E-state index contributed by atoms with van der Waals surface area (Å²) in [6.07, 6.45) is 5.08. The molecular formula is C19H28N2O. The molecule has 0 saturated carbocycles. The second-order valence-electron chi connectivity index (χ2n) is 7.22. The van der Waals surface area contributed by atoms with E-state index < -0.39 is 0 Å². The highest BCUT2D eigenvalue weighted by atomic mass is 16.5. The SMILES string of the molecule is Cc1ccc2c(C3CCN(CCCC(C)C)CC3)noc2c1. The fourth-order valence-electron chi connectivity index (χ4n) is 3.51. The van der Waals surface area contributed by atoms with E-state index in [0.29, 0.717) is 5.92 Å². The normalized spacial score (nSPS) is 17.6. The average molecular weight is 300 g/mol. The number of hydrogen-bond acceptors (Lipinski definition) is 3. The zero-order valence-electron chi connectivity index (χ0n) is 14.1. The zero-order valence-corrected chi connectivity index (χ0v) is 14.1. The molecule has 0 bridgehead atoms.